The molecule has 2 aromatic carbocycles. The van der Waals surface area contributed by atoms with E-state index in [1.165, 1.54) is 0 Å². The van der Waals surface area contributed by atoms with E-state index < -0.39 is 0 Å². The molecule has 2 aromatic rings. The maximum Gasteiger partial charge on any atom is 0.211 e. The van der Waals surface area contributed by atoms with Crippen LogP contribution in [0.2, 0.25) is 0 Å². The van der Waals surface area contributed by atoms with Gasteiger partial charge >= 0.3 is 0 Å². The van der Waals surface area contributed by atoms with Crippen molar-refractivity contribution in [2.45, 2.75) is 12.8 Å². The van der Waals surface area contributed by atoms with Crippen LogP contribution in [-0.4, -0.2) is 18.6 Å². The zero-order chi connectivity index (χ0) is 15.4. The van der Waals surface area contributed by atoms with Crippen molar-refractivity contribution in [2.75, 3.05) is 11.9 Å². The van der Waals surface area contributed by atoms with Crippen LogP contribution in [0.15, 0.2) is 59.8 Å². The van der Waals surface area contributed by atoms with Crippen molar-refractivity contribution in [2.24, 2.45) is 0 Å². The Labute approximate surface area is 128 Å². The number of carbonyl (C=O) groups excluding carboxylic acids is 2. The molecule has 0 bridgehead atoms. The summed E-state index contributed by atoms with van der Waals surface area (Å²) in [6, 6.07) is 15.1. The van der Waals surface area contributed by atoms with Crippen molar-refractivity contribution in [3.05, 3.63) is 76.5 Å². The minimum atomic E-state index is -0.0561. The van der Waals surface area contributed by atoms with Gasteiger partial charge in [-0.15, -0.1) is 0 Å². The van der Waals surface area contributed by atoms with Crippen molar-refractivity contribution in [1.82, 2.24) is 0 Å². The first-order valence-electron chi connectivity index (χ1n) is 7.36. The summed E-state index contributed by atoms with van der Waals surface area (Å²) in [5.74, 6) is -0.133. The third kappa shape index (κ3) is 1.51. The van der Waals surface area contributed by atoms with Gasteiger partial charge in [0.25, 0.3) is 0 Å². The van der Waals surface area contributed by atoms with Crippen LogP contribution < -0.4 is 4.90 Å². The minimum Gasteiger partial charge on any atom is -0.340 e. The van der Waals surface area contributed by atoms with Gasteiger partial charge in [-0.05, 0) is 17.7 Å². The topological polar surface area (TPSA) is 37.4 Å². The number of hydrogen-bond acceptors (Lipinski definition) is 3. The maximum absolute atomic E-state index is 12.8. The van der Waals surface area contributed by atoms with E-state index in [4.69, 9.17) is 0 Å². The second kappa shape index (κ2) is 4.41. The Balaban J connectivity index is 1.95. The average Bonchev–Trinajstić information content (AvgIpc) is 2.94. The Bertz CT molecular complexity index is 792. The zero-order valence-electron chi connectivity index (χ0n) is 12.5. The van der Waals surface area contributed by atoms with Crippen LogP contribution in [0, 0.1) is 0 Å². The fraction of sp³-hybridized carbons (Fsp3) is 0.158. The monoisotopic (exact) mass is 289 g/mol. The van der Waals surface area contributed by atoms with E-state index in [1.807, 2.05) is 67.4 Å². The van der Waals surface area contributed by atoms with Gasteiger partial charge in [-0.2, -0.15) is 0 Å². The molecule has 0 N–H and O–H groups in total. The number of allylic oxidation sites excluding steroid dienone is 2. The van der Waals surface area contributed by atoms with Gasteiger partial charge in [-0.1, -0.05) is 43.3 Å². The van der Waals surface area contributed by atoms with Crippen molar-refractivity contribution in [1.29, 1.82) is 0 Å². The Hall–Kier alpha value is -2.68. The van der Waals surface area contributed by atoms with Gasteiger partial charge < -0.3 is 4.90 Å². The molecule has 0 aromatic heterocycles. The van der Waals surface area contributed by atoms with Crippen LogP contribution >= 0.6 is 0 Å². The molecule has 1 aliphatic carbocycles. The number of carbonyl (C=O) groups is 2. The number of fused-ring (bicyclic) bond motifs is 2. The van der Waals surface area contributed by atoms with E-state index in [1.54, 1.807) is 0 Å². The molecular formula is C19H15NO2. The number of ketones is 2. The van der Waals surface area contributed by atoms with E-state index in [0.717, 1.165) is 16.8 Å². The molecule has 0 radical (unpaired) electrons. The standard InChI is InChI=1S/C19H15NO2/c1-11-12-7-3-4-8-13(12)18(21)16(11)17-19(22)14-9-5-6-10-15(14)20(17)2/h3-11H,1-2H3/b17-16-. The molecule has 1 heterocycles. The van der Waals surface area contributed by atoms with Crippen LogP contribution in [-0.2, 0) is 0 Å². The van der Waals surface area contributed by atoms with Gasteiger partial charge in [-0.3, -0.25) is 9.59 Å². The highest BCUT2D eigenvalue weighted by atomic mass is 16.1. The van der Waals surface area contributed by atoms with Crippen molar-refractivity contribution in [3.63, 3.8) is 0 Å². The highest BCUT2D eigenvalue weighted by Crippen LogP contribution is 2.43. The predicted molar refractivity (Wildman–Crippen MR) is 85.4 cm³/mol. The van der Waals surface area contributed by atoms with E-state index >= 15 is 0 Å². The summed E-state index contributed by atoms with van der Waals surface area (Å²) in [5.41, 5.74) is 4.40. The normalized spacial score (nSPS) is 23.0. The first-order valence-corrected chi connectivity index (χ1v) is 7.36. The third-order valence-electron chi connectivity index (χ3n) is 4.67. The summed E-state index contributed by atoms with van der Waals surface area (Å²) in [6.07, 6.45) is 0. The number of para-hydroxylation sites is 1. The lowest BCUT2D eigenvalue weighted by molar-refractivity contribution is 0.100. The van der Waals surface area contributed by atoms with E-state index in [9.17, 15) is 9.59 Å². The molecule has 0 spiro atoms. The summed E-state index contributed by atoms with van der Waals surface area (Å²) in [7, 11) is 1.86. The summed E-state index contributed by atoms with van der Waals surface area (Å²) >= 11 is 0. The number of likely N-dealkylation sites (N-methyl/N-ethyl adjacent to an activating group) is 1. The second-order valence-electron chi connectivity index (χ2n) is 5.81. The lowest BCUT2D eigenvalue weighted by Gasteiger charge is -2.17. The van der Waals surface area contributed by atoms with Crippen LogP contribution in [0.3, 0.4) is 0 Å². The lowest BCUT2D eigenvalue weighted by atomic mass is 9.96. The molecule has 1 atom stereocenters. The third-order valence-corrected chi connectivity index (χ3v) is 4.67. The largest absolute Gasteiger partial charge is 0.340 e. The smallest absolute Gasteiger partial charge is 0.211 e. The molecule has 1 unspecified atom stereocenters. The van der Waals surface area contributed by atoms with Crippen LogP contribution in [0.5, 0.6) is 0 Å². The highest BCUT2D eigenvalue weighted by molar-refractivity contribution is 6.26. The molecule has 0 saturated carbocycles. The second-order valence-corrected chi connectivity index (χ2v) is 5.81. The number of Topliss-reactive ketones (excluding diaryl/α,β-unsaturated/α-hetero) is 2. The SMILES string of the molecule is CC1/C(=C2\C(=O)c3ccccc3N2C)C(=O)c2ccccc21. The van der Waals surface area contributed by atoms with Gasteiger partial charge in [0.2, 0.25) is 5.78 Å². The lowest BCUT2D eigenvalue weighted by Crippen LogP contribution is -2.20. The molecule has 0 amide bonds. The van der Waals surface area contributed by atoms with Crippen molar-refractivity contribution in [3.8, 4) is 0 Å². The molecule has 2 aliphatic rings. The van der Waals surface area contributed by atoms with Crippen LogP contribution in [0.4, 0.5) is 5.69 Å². The molecule has 0 saturated heterocycles. The molecule has 0 fully saturated rings. The molecule has 108 valence electrons. The molecule has 4 rings (SSSR count). The highest BCUT2D eigenvalue weighted by Gasteiger charge is 2.40. The zero-order valence-corrected chi connectivity index (χ0v) is 12.5. The maximum atomic E-state index is 12.8. The Kier molecular flexibility index (Phi) is 2.61. The Morgan fingerprint density at radius 3 is 2.18 bits per heavy atom. The average molecular weight is 289 g/mol. The van der Waals surface area contributed by atoms with Crippen LogP contribution in [0.25, 0.3) is 0 Å². The fourth-order valence-electron chi connectivity index (χ4n) is 3.55. The molecule has 1 aliphatic heterocycles. The Morgan fingerprint density at radius 2 is 1.50 bits per heavy atom. The van der Waals surface area contributed by atoms with Crippen molar-refractivity contribution >= 4 is 17.3 Å². The van der Waals surface area contributed by atoms with Gasteiger partial charge in [0, 0.05) is 29.7 Å². The number of hydrogen-bond donors (Lipinski definition) is 0. The predicted octanol–water partition coefficient (Wildman–Crippen LogP) is 3.57. The van der Waals surface area contributed by atoms with Crippen molar-refractivity contribution < 1.29 is 9.59 Å². The van der Waals surface area contributed by atoms with E-state index in [-0.39, 0.29) is 17.5 Å². The van der Waals surface area contributed by atoms with E-state index in [2.05, 4.69) is 0 Å². The molecule has 3 heteroatoms. The van der Waals surface area contributed by atoms with Crippen LogP contribution in [0.1, 0.15) is 39.1 Å². The number of benzene rings is 2. The minimum absolute atomic E-state index is 0.0221. The quantitative estimate of drug-likeness (QED) is 0.696. The summed E-state index contributed by atoms with van der Waals surface area (Å²) in [6.45, 7) is 2.00. The number of rotatable bonds is 0. The van der Waals surface area contributed by atoms with Gasteiger partial charge in [-0.25, -0.2) is 0 Å². The van der Waals surface area contributed by atoms with E-state index in [0.29, 0.717) is 16.8 Å². The number of nitrogens with zero attached hydrogens (tertiary/aromatic N) is 1. The van der Waals surface area contributed by atoms with Gasteiger partial charge in [0.05, 0.1) is 11.4 Å². The number of anilines is 1. The molecule has 3 nitrogen and oxygen atoms in total. The Morgan fingerprint density at radius 1 is 0.864 bits per heavy atom. The molecular weight excluding hydrogens is 274 g/mol. The van der Waals surface area contributed by atoms with Gasteiger partial charge in [0.15, 0.2) is 5.78 Å². The summed E-state index contributed by atoms with van der Waals surface area (Å²) in [5, 5.41) is 0. The summed E-state index contributed by atoms with van der Waals surface area (Å²) in [4.78, 5) is 27.4. The first-order chi connectivity index (χ1) is 10.6. The first kappa shape index (κ1) is 13.0. The van der Waals surface area contributed by atoms with Gasteiger partial charge in [0.1, 0.15) is 0 Å². The fourth-order valence-corrected chi connectivity index (χ4v) is 3.55. The molecule has 22 heavy (non-hydrogen) atoms. The summed E-state index contributed by atoms with van der Waals surface area (Å²) < 4.78 is 0.